The molecule has 0 spiro atoms. The molecule has 0 amide bonds. The summed E-state index contributed by atoms with van der Waals surface area (Å²) in [5.74, 6) is 0.198. The van der Waals surface area contributed by atoms with Gasteiger partial charge in [0.05, 0.1) is 0 Å². The Hall–Kier alpha value is -1.38. The first-order valence-corrected chi connectivity index (χ1v) is 5.28. The molecule has 0 bridgehead atoms. The molecular weight excluding hydrogens is 191 g/mol. The molecule has 1 fully saturated rings. The van der Waals surface area contributed by atoms with Gasteiger partial charge in [0.1, 0.15) is 11.7 Å². The molecule has 0 unspecified atom stereocenters. The molecular formula is C12H15FN2. The van der Waals surface area contributed by atoms with E-state index in [4.69, 9.17) is 5.41 Å². The predicted molar refractivity (Wildman–Crippen MR) is 58.8 cm³/mol. The van der Waals surface area contributed by atoms with Crippen LogP contribution in [0.15, 0.2) is 18.2 Å². The van der Waals surface area contributed by atoms with Crippen LogP contribution in [0, 0.1) is 18.2 Å². The van der Waals surface area contributed by atoms with Crippen molar-refractivity contribution >= 4 is 5.84 Å². The van der Waals surface area contributed by atoms with E-state index < -0.39 is 0 Å². The summed E-state index contributed by atoms with van der Waals surface area (Å²) < 4.78 is 13.2. The predicted octanol–water partition coefficient (Wildman–Crippen LogP) is 2.56. The fourth-order valence-electron chi connectivity index (χ4n) is 2.00. The highest BCUT2D eigenvalue weighted by Gasteiger charge is 2.16. The Morgan fingerprint density at radius 2 is 1.93 bits per heavy atom. The third kappa shape index (κ3) is 2.17. The van der Waals surface area contributed by atoms with Gasteiger partial charge in [-0.1, -0.05) is 0 Å². The number of nitrogens with one attached hydrogen (secondary N) is 1. The molecule has 1 aliphatic heterocycles. The van der Waals surface area contributed by atoms with E-state index in [1.807, 2.05) is 17.9 Å². The fourth-order valence-corrected chi connectivity index (χ4v) is 2.00. The van der Waals surface area contributed by atoms with E-state index in [9.17, 15) is 4.39 Å². The summed E-state index contributed by atoms with van der Waals surface area (Å²) in [6, 6.07) is 4.79. The van der Waals surface area contributed by atoms with E-state index in [2.05, 4.69) is 0 Å². The Kier molecular flexibility index (Phi) is 2.71. The van der Waals surface area contributed by atoms with E-state index in [1.54, 1.807) is 0 Å². The third-order valence-corrected chi connectivity index (χ3v) is 2.74. The second-order valence-electron chi connectivity index (χ2n) is 4.06. The topological polar surface area (TPSA) is 27.1 Å². The van der Waals surface area contributed by atoms with E-state index in [-0.39, 0.29) is 5.82 Å². The van der Waals surface area contributed by atoms with Crippen molar-refractivity contribution < 1.29 is 4.39 Å². The number of likely N-dealkylation sites (tertiary alicyclic amines) is 1. The van der Waals surface area contributed by atoms with Crippen molar-refractivity contribution in [3.8, 4) is 0 Å². The van der Waals surface area contributed by atoms with Crippen molar-refractivity contribution in [2.75, 3.05) is 13.1 Å². The summed E-state index contributed by atoms with van der Waals surface area (Å²) in [6.07, 6.45) is 2.27. The van der Waals surface area contributed by atoms with Gasteiger partial charge in [-0.2, -0.15) is 0 Å². The zero-order chi connectivity index (χ0) is 10.8. The van der Waals surface area contributed by atoms with E-state index in [0.717, 1.165) is 31.5 Å². The number of aryl methyl sites for hydroxylation is 1. The van der Waals surface area contributed by atoms with Crippen LogP contribution in [0.3, 0.4) is 0 Å². The van der Waals surface area contributed by atoms with Crippen molar-refractivity contribution in [1.29, 1.82) is 5.41 Å². The molecule has 0 aliphatic carbocycles. The Morgan fingerprint density at radius 3 is 2.53 bits per heavy atom. The van der Waals surface area contributed by atoms with Crippen molar-refractivity contribution in [3.05, 3.63) is 35.1 Å². The Balaban J connectivity index is 2.24. The molecule has 1 aromatic carbocycles. The van der Waals surface area contributed by atoms with E-state index in [1.165, 1.54) is 12.1 Å². The van der Waals surface area contributed by atoms with Crippen LogP contribution < -0.4 is 0 Å². The highest BCUT2D eigenvalue weighted by molar-refractivity contribution is 5.96. The van der Waals surface area contributed by atoms with Crippen LogP contribution in [-0.2, 0) is 0 Å². The highest BCUT2D eigenvalue weighted by Crippen LogP contribution is 2.15. The Bertz CT molecular complexity index is 361. The first kappa shape index (κ1) is 10.1. The molecule has 1 N–H and O–H groups in total. The molecule has 3 heteroatoms. The van der Waals surface area contributed by atoms with Gasteiger partial charge in [0.2, 0.25) is 0 Å². The molecule has 15 heavy (non-hydrogen) atoms. The van der Waals surface area contributed by atoms with Gasteiger partial charge in [-0.15, -0.1) is 0 Å². The Morgan fingerprint density at radius 1 is 1.27 bits per heavy atom. The lowest BCUT2D eigenvalue weighted by molar-refractivity contribution is 0.516. The van der Waals surface area contributed by atoms with Crippen LogP contribution >= 0.6 is 0 Å². The Labute approximate surface area is 89.2 Å². The molecule has 0 aromatic heterocycles. The van der Waals surface area contributed by atoms with Crippen LogP contribution in [0.4, 0.5) is 4.39 Å². The minimum atomic E-state index is -0.256. The lowest BCUT2D eigenvalue weighted by Crippen LogP contribution is -2.27. The number of amidine groups is 1. The lowest BCUT2D eigenvalue weighted by Gasteiger charge is -2.18. The molecule has 1 aromatic rings. The van der Waals surface area contributed by atoms with E-state index in [0.29, 0.717) is 11.4 Å². The van der Waals surface area contributed by atoms with Crippen LogP contribution in [0.1, 0.15) is 24.0 Å². The highest BCUT2D eigenvalue weighted by atomic mass is 19.1. The smallest absolute Gasteiger partial charge is 0.128 e. The van der Waals surface area contributed by atoms with Gasteiger partial charge in [0, 0.05) is 18.7 Å². The molecule has 1 heterocycles. The number of hydrogen-bond donors (Lipinski definition) is 1. The van der Waals surface area contributed by atoms with Crippen LogP contribution in [0.25, 0.3) is 0 Å². The second-order valence-corrected chi connectivity index (χ2v) is 4.06. The van der Waals surface area contributed by atoms with Crippen molar-refractivity contribution in [2.24, 2.45) is 0 Å². The summed E-state index contributed by atoms with van der Waals surface area (Å²) in [5, 5.41) is 7.98. The molecule has 0 saturated carbocycles. The number of halogens is 1. The number of nitrogens with zero attached hydrogens (tertiary/aromatic N) is 1. The lowest BCUT2D eigenvalue weighted by atomic mass is 10.1. The van der Waals surface area contributed by atoms with Gasteiger partial charge < -0.3 is 4.90 Å². The quantitative estimate of drug-likeness (QED) is 0.555. The largest absolute Gasteiger partial charge is 0.357 e. The summed E-state index contributed by atoms with van der Waals surface area (Å²) in [5.41, 5.74) is 1.56. The van der Waals surface area contributed by atoms with Gasteiger partial charge in [-0.25, -0.2) is 4.39 Å². The van der Waals surface area contributed by atoms with Crippen molar-refractivity contribution in [1.82, 2.24) is 4.90 Å². The standard InChI is InChI=1S/C12H15FN2/c1-9-6-10(8-11(13)7-9)12(14)15-4-2-3-5-15/h6-8,14H,2-5H2,1H3. The van der Waals surface area contributed by atoms with Gasteiger partial charge in [-0.3, -0.25) is 5.41 Å². The van der Waals surface area contributed by atoms with Gasteiger partial charge in [-0.05, 0) is 43.5 Å². The summed E-state index contributed by atoms with van der Waals surface area (Å²) in [7, 11) is 0. The normalized spacial score (nSPS) is 15.7. The third-order valence-electron chi connectivity index (χ3n) is 2.74. The summed E-state index contributed by atoms with van der Waals surface area (Å²) in [6.45, 7) is 3.70. The van der Waals surface area contributed by atoms with Gasteiger partial charge >= 0.3 is 0 Å². The fraction of sp³-hybridized carbons (Fsp3) is 0.417. The minimum Gasteiger partial charge on any atom is -0.357 e. The molecule has 1 saturated heterocycles. The maximum Gasteiger partial charge on any atom is 0.128 e. The molecule has 80 valence electrons. The first-order valence-electron chi connectivity index (χ1n) is 5.28. The average Bonchev–Trinajstić information content (AvgIpc) is 2.67. The van der Waals surface area contributed by atoms with Crippen molar-refractivity contribution in [2.45, 2.75) is 19.8 Å². The molecule has 1 aliphatic rings. The van der Waals surface area contributed by atoms with Gasteiger partial charge in [0.15, 0.2) is 0 Å². The number of hydrogen-bond acceptors (Lipinski definition) is 1. The maximum atomic E-state index is 13.2. The van der Waals surface area contributed by atoms with Crippen molar-refractivity contribution in [3.63, 3.8) is 0 Å². The molecule has 0 radical (unpaired) electrons. The zero-order valence-corrected chi connectivity index (χ0v) is 8.89. The maximum absolute atomic E-state index is 13.2. The summed E-state index contributed by atoms with van der Waals surface area (Å²) in [4.78, 5) is 2.01. The monoisotopic (exact) mass is 206 g/mol. The van der Waals surface area contributed by atoms with Crippen LogP contribution in [0.5, 0.6) is 0 Å². The van der Waals surface area contributed by atoms with Crippen LogP contribution in [-0.4, -0.2) is 23.8 Å². The summed E-state index contributed by atoms with van der Waals surface area (Å²) >= 11 is 0. The van der Waals surface area contributed by atoms with Gasteiger partial charge in [0.25, 0.3) is 0 Å². The zero-order valence-electron chi connectivity index (χ0n) is 8.89. The SMILES string of the molecule is Cc1cc(F)cc(C(=N)N2CCCC2)c1. The number of rotatable bonds is 1. The average molecular weight is 206 g/mol. The van der Waals surface area contributed by atoms with Crippen LogP contribution in [0.2, 0.25) is 0 Å². The second kappa shape index (κ2) is 4.01. The van der Waals surface area contributed by atoms with E-state index >= 15 is 0 Å². The molecule has 2 nitrogen and oxygen atoms in total. The minimum absolute atomic E-state index is 0.256. The first-order chi connectivity index (χ1) is 7.16. The molecule has 0 atom stereocenters. The number of benzene rings is 1. The molecule has 2 rings (SSSR count).